The number of aromatic nitrogens is 2. The molecular formula is C27H36FN5O3. The monoisotopic (exact) mass is 497 g/mol. The zero-order chi connectivity index (χ0) is 25.2. The van der Waals surface area contributed by atoms with Crippen molar-refractivity contribution >= 4 is 11.9 Å². The van der Waals surface area contributed by atoms with Gasteiger partial charge in [0.15, 0.2) is 5.67 Å². The molecule has 8 nitrogen and oxygen atoms in total. The number of nitrogens with one attached hydrogen (secondary N) is 1. The van der Waals surface area contributed by atoms with Crippen LogP contribution in [-0.4, -0.2) is 85.0 Å². The minimum atomic E-state index is -1.86. The van der Waals surface area contributed by atoms with Crippen molar-refractivity contribution in [3.8, 4) is 17.0 Å². The first kappa shape index (κ1) is 24.9. The van der Waals surface area contributed by atoms with Gasteiger partial charge < -0.3 is 24.6 Å². The third kappa shape index (κ3) is 5.18. The Morgan fingerprint density at radius 1 is 1.11 bits per heavy atom. The number of carbonyl (C=O) groups is 1. The summed E-state index contributed by atoms with van der Waals surface area (Å²) in [5.41, 5.74) is -0.471. The zero-order valence-corrected chi connectivity index (χ0v) is 21.2. The molecule has 2 bridgehead atoms. The van der Waals surface area contributed by atoms with Crippen molar-refractivity contribution in [2.75, 3.05) is 57.9 Å². The van der Waals surface area contributed by atoms with Crippen LogP contribution in [0.3, 0.4) is 0 Å². The molecule has 4 saturated heterocycles. The number of carbonyl (C=O) groups excluding carboxylic acids is 1. The molecule has 9 heteroatoms. The highest BCUT2D eigenvalue weighted by Gasteiger charge is 2.49. The van der Waals surface area contributed by atoms with E-state index >= 15 is 4.39 Å². The van der Waals surface area contributed by atoms with E-state index in [2.05, 4.69) is 22.1 Å². The second-order valence-corrected chi connectivity index (χ2v) is 10.5. The minimum absolute atomic E-state index is 0.129. The third-order valence-electron chi connectivity index (χ3n) is 8.03. The second-order valence-electron chi connectivity index (χ2n) is 10.5. The van der Waals surface area contributed by atoms with E-state index in [1.54, 1.807) is 13.3 Å². The Kier molecular flexibility index (Phi) is 7.12. The molecule has 194 valence electrons. The molecule has 0 aliphatic carbocycles. The Labute approximate surface area is 212 Å². The van der Waals surface area contributed by atoms with Gasteiger partial charge in [0.2, 0.25) is 5.95 Å². The van der Waals surface area contributed by atoms with Crippen LogP contribution >= 0.6 is 0 Å². The highest BCUT2D eigenvalue weighted by atomic mass is 19.1. The molecule has 5 heterocycles. The maximum atomic E-state index is 15.8. The van der Waals surface area contributed by atoms with Crippen molar-refractivity contribution in [1.29, 1.82) is 0 Å². The Bertz CT molecular complexity index is 1050. The molecule has 6 rings (SSSR count). The molecule has 36 heavy (non-hydrogen) atoms. The van der Waals surface area contributed by atoms with E-state index in [0.717, 1.165) is 49.5 Å². The van der Waals surface area contributed by atoms with Gasteiger partial charge >= 0.3 is 0 Å². The molecule has 1 N–H and O–H groups in total. The summed E-state index contributed by atoms with van der Waals surface area (Å²) in [7, 11) is 1.64. The zero-order valence-electron chi connectivity index (χ0n) is 21.2. The Morgan fingerprint density at radius 3 is 2.47 bits per heavy atom. The summed E-state index contributed by atoms with van der Waals surface area (Å²) in [6, 6.07) is 9.57. The van der Waals surface area contributed by atoms with E-state index in [4.69, 9.17) is 14.5 Å². The smallest absolute Gasteiger partial charge is 0.258 e. The van der Waals surface area contributed by atoms with Crippen LogP contribution in [0.25, 0.3) is 11.3 Å². The molecular weight excluding hydrogens is 461 g/mol. The number of benzene rings is 1. The topological polar surface area (TPSA) is 79.8 Å². The fourth-order valence-electron chi connectivity index (χ4n) is 5.75. The van der Waals surface area contributed by atoms with Crippen LogP contribution in [0.5, 0.6) is 5.75 Å². The summed E-state index contributed by atoms with van der Waals surface area (Å²) in [6.45, 7) is 6.87. The van der Waals surface area contributed by atoms with Crippen molar-refractivity contribution < 1.29 is 18.7 Å². The van der Waals surface area contributed by atoms with Gasteiger partial charge in [0, 0.05) is 51.3 Å². The first-order valence-electron chi connectivity index (χ1n) is 12.9. The predicted octanol–water partition coefficient (Wildman–Crippen LogP) is 3.08. The predicted molar refractivity (Wildman–Crippen MR) is 136 cm³/mol. The van der Waals surface area contributed by atoms with E-state index in [-0.39, 0.29) is 18.4 Å². The molecule has 4 fully saturated rings. The van der Waals surface area contributed by atoms with Gasteiger partial charge in [0.25, 0.3) is 5.91 Å². The number of halogens is 1. The molecule has 1 atom stereocenters. The number of methoxy groups -OCH3 is 1. The molecule has 0 spiro atoms. The van der Waals surface area contributed by atoms with Gasteiger partial charge in [-0.1, -0.05) is 0 Å². The van der Waals surface area contributed by atoms with Crippen LogP contribution in [0.15, 0.2) is 36.5 Å². The maximum absolute atomic E-state index is 15.8. The quantitative estimate of drug-likeness (QED) is 0.562. The van der Waals surface area contributed by atoms with Gasteiger partial charge in [0.1, 0.15) is 12.4 Å². The standard InChI is InChI=1S/C27H36FN5O3/c1-26(19-32-13-8-21(26)9-14-32)31-24(34)27(28)10-15-33(16-11-27)25-29-12-7-23(30-25)20-3-5-22(6-4-20)36-18-17-35-2/h3-7,12,21H,8-11,13-19H2,1-2H3,(H,31,34). The van der Waals surface area contributed by atoms with Crippen molar-refractivity contribution in [2.45, 2.75) is 43.8 Å². The van der Waals surface area contributed by atoms with Gasteiger partial charge in [-0.3, -0.25) is 4.79 Å². The van der Waals surface area contributed by atoms with E-state index in [1.165, 1.54) is 0 Å². The van der Waals surface area contributed by atoms with Gasteiger partial charge in [-0.05, 0) is 69.1 Å². The largest absolute Gasteiger partial charge is 0.491 e. The number of ether oxygens (including phenoxy) is 2. The van der Waals surface area contributed by atoms with Gasteiger partial charge in [-0.15, -0.1) is 0 Å². The lowest BCUT2D eigenvalue weighted by molar-refractivity contribution is -0.139. The van der Waals surface area contributed by atoms with E-state index < -0.39 is 11.6 Å². The summed E-state index contributed by atoms with van der Waals surface area (Å²) < 4.78 is 26.4. The normalized spacial score (nSPS) is 27.0. The summed E-state index contributed by atoms with van der Waals surface area (Å²) in [4.78, 5) is 26.6. The summed E-state index contributed by atoms with van der Waals surface area (Å²) in [6.07, 6.45) is 4.12. The summed E-state index contributed by atoms with van der Waals surface area (Å²) in [5, 5.41) is 3.12. The number of amides is 1. The van der Waals surface area contributed by atoms with E-state index in [9.17, 15) is 4.79 Å². The average molecular weight is 498 g/mol. The highest BCUT2D eigenvalue weighted by Crippen LogP contribution is 2.37. The third-order valence-corrected chi connectivity index (χ3v) is 8.03. The lowest BCUT2D eigenvalue weighted by Crippen LogP contribution is -2.68. The molecule has 4 aliphatic heterocycles. The lowest BCUT2D eigenvalue weighted by Gasteiger charge is -2.52. The Morgan fingerprint density at radius 2 is 1.83 bits per heavy atom. The fraction of sp³-hybridized carbons (Fsp3) is 0.593. The van der Waals surface area contributed by atoms with Gasteiger partial charge in [-0.25, -0.2) is 14.4 Å². The number of piperidine rings is 4. The molecule has 2 aromatic rings. The molecule has 0 saturated carbocycles. The van der Waals surface area contributed by atoms with Gasteiger partial charge in [-0.2, -0.15) is 0 Å². The first-order valence-corrected chi connectivity index (χ1v) is 12.9. The molecule has 4 aliphatic rings. The van der Waals surface area contributed by atoms with Crippen LogP contribution < -0.4 is 15.0 Å². The summed E-state index contributed by atoms with van der Waals surface area (Å²) in [5.74, 6) is 1.30. The molecule has 1 aromatic heterocycles. The Balaban J connectivity index is 1.19. The average Bonchev–Trinajstić information content (AvgIpc) is 2.90. The summed E-state index contributed by atoms with van der Waals surface area (Å²) >= 11 is 0. The van der Waals surface area contributed by atoms with Crippen molar-refractivity contribution in [2.24, 2.45) is 5.92 Å². The number of rotatable bonds is 8. The van der Waals surface area contributed by atoms with Crippen LogP contribution in [0.4, 0.5) is 10.3 Å². The highest BCUT2D eigenvalue weighted by molar-refractivity contribution is 5.86. The fourth-order valence-corrected chi connectivity index (χ4v) is 5.75. The number of hydrogen-bond donors (Lipinski definition) is 1. The number of fused-ring (bicyclic) bond motifs is 3. The van der Waals surface area contributed by atoms with E-state index in [1.807, 2.05) is 35.2 Å². The molecule has 0 radical (unpaired) electrons. The molecule has 1 amide bonds. The van der Waals surface area contributed by atoms with Crippen molar-refractivity contribution in [3.63, 3.8) is 0 Å². The minimum Gasteiger partial charge on any atom is -0.491 e. The maximum Gasteiger partial charge on any atom is 0.258 e. The van der Waals surface area contributed by atoms with Crippen LogP contribution in [0.2, 0.25) is 0 Å². The number of anilines is 1. The SMILES string of the molecule is COCCOc1ccc(-c2ccnc(N3CCC(F)(C(=O)NC4(C)CN5CCC4CC5)CC3)n2)cc1. The Hall–Kier alpha value is -2.78. The van der Waals surface area contributed by atoms with E-state index in [0.29, 0.717) is 38.2 Å². The number of hydrogen-bond acceptors (Lipinski definition) is 7. The van der Waals surface area contributed by atoms with Crippen LogP contribution in [0, 0.1) is 5.92 Å². The first-order chi connectivity index (χ1) is 17.4. The van der Waals surface area contributed by atoms with Crippen molar-refractivity contribution in [3.05, 3.63) is 36.5 Å². The lowest BCUT2D eigenvalue weighted by atomic mass is 9.73. The number of nitrogens with zero attached hydrogens (tertiary/aromatic N) is 4. The van der Waals surface area contributed by atoms with Crippen molar-refractivity contribution in [1.82, 2.24) is 20.2 Å². The van der Waals surface area contributed by atoms with Crippen LogP contribution in [0.1, 0.15) is 32.6 Å². The van der Waals surface area contributed by atoms with Gasteiger partial charge in [0.05, 0.1) is 17.8 Å². The number of alkyl halides is 1. The molecule has 1 aromatic carbocycles. The second kappa shape index (κ2) is 10.3. The van der Waals surface area contributed by atoms with Crippen LogP contribution in [-0.2, 0) is 9.53 Å². The molecule has 1 unspecified atom stereocenters.